The third-order valence-corrected chi connectivity index (χ3v) is 11.6. The van der Waals surface area contributed by atoms with E-state index in [1.165, 1.54) is 4.90 Å². The molecular formula is C27H26F8NO6PS. The maximum Gasteiger partial charge on any atom is 0.435 e. The summed E-state index contributed by atoms with van der Waals surface area (Å²) in [5.41, 5.74) is -7.91. The zero-order valence-electron chi connectivity index (χ0n) is 22.6. The molecule has 0 spiro atoms. The summed E-state index contributed by atoms with van der Waals surface area (Å²) < 4.78 is 141. The van der Waals surface area contributed by atoms with E-state index in [0.717, 1.165) is 43.5 Å². The second-order valence-electron chi connectivity index (χ2n) is 10.8. The highest BCUT2D eigenvalue weighted by Crippen LogP contribution is 2.58. The molecule has 5 rings (SSSR count). The van der Waals surface area contributed by atoms with Crippen LogP contribution in [0.3, 0.4) is 0 Å². The van der Waals surface area contributed by atoms with Crippen LogP contribution < -0.4 is 4.74 Å². The van der Waals surface area contributed by atoms with Crippen molar-refractivity contribution in [3.8, 4) is 5.75 Å². The fourth-order valence-corrected chi connectivity index (χ4v) is 8.87. The second-order valence-corrected chi connectivity index (χ2v) is 14.1. The number of carboxylic acid groups (broad SMARTS) is 1. The molecule has 7 nitrogen and oxygen atoms in total. The number of fused-ring (bicyclic) bond motifs is 3. The number of hydrogen-bond donors (Lipinski definition) is 1. The monoisotopic (exact) mass is 675 g/mol. The van der Waals surface area contributed by atoms with Gasteiger partial charge in [-0.15, -0.1) is 9.24 Å². The highest BCUT2D eigenvalue weighted by molar-refractivity contribution is 7.92. The van der Waals surface area contributed by atoms with E-state index in [0.29, 0.717) is 18.9 Å². The summed E-state index contributed by atoms with van der Waals surface area (Å²) in [6.07, 6.45) is -10.7. The smallest absolute Gasteiger partial charge is 0.435 e. The minimum Gasteiger partial charge on any atom is -0.486 e. The summed E-state index contributed by atoms with van der Waals surface area (Å²) in [6, 6.07) is 4.79. The highest BCUT2D eigenvalue weighted by atomic mass is 32.2. The number of ether oxygens (including phenoxy) is 1. The Labute approximate surface area is 248 Å². The molecule has 242 valence electrons. The molecule has 2 aromatic rings. The molecule has 3 atom stereocenters. The van der Waals surface area contributed by atoms with Crippen LogP contribution in [-0.4, -0.2) is 67.5 Å². The molecule has 2 fully saturated rings. The molecule has 3 aliphatic rings. The third-order valence-electron chi connectivity index (χ3n) is 8.28. The number of benzene rings is 2. The summed E-state index contributed by atoms with van der Waals surface area (Å²) in [7, 11) is -2.09. The quantitative estimate of drug-likeness (QED) is 0.194. The van der Waals surface area contributed by atoms with Crippen molar-refractivity contribution in [2.45, 2.75) is 71.0 Å². The minimum atomic E-state index is -6.39. The lowest BCUT2D eigenvalue weighted by Crippen LogP contribution is -2.50. The SMILES string of the molecule is O=C(N1CC2Oc3cc(C(F)(C(F)(F)F)C(F)(F)F)ccc3C2(S(=O)(=O)c2ccc(F)cc2)C1)C1(P)CCCCC1.O=CO. The van der Waals surface area contributed by atoms with Crippen LogP contribution in [0.4, 0.5) is 35.1 Å². The number of hydrogen-bond acceptors (Lipinski definition) is 5. The van der Waals surface area contributed by atoms with Gasteiger partial charge in [0.05, 0.1) is 16.6 Å². The molecular weight excluding hydrogens is 649 g/mol. The molecule has 1 saturated carbocycles. The highest BCUT2D eigenvalue weighted by Gasteiger charge is 2.74. The van der Waals surface area contributed by atoms with E-state index < -0.39 is 72.4 Å². The van der Waals surface area contributed by atoms with Crippen molar-refractivity contribution >= 4 is 31.5 Å². The van der Waals surface area contributed by atoms with Crippen molar-refractivity contribution in [1.29, 1.82) is 0 Å². The van der Waals surface area contributed by atoms with Gasteiger partial charge in [0.2, 0.25) is 5.91 Å². The molecule has 44 heavy (non-hydrogen) atoms. The van der Waals surface area contributed by atoms with Crippen molar-refractivity contribution < 1.29 is 63.0 Å². The van der Waals surface area contributed by atoms with Gasteiger partial charge in [-0.25, -0.2) is 17.2 Å². The van der Waals surface area contributed by atoms with Gasteiger partial charge < -0.3 is 14.7 Å². The first kappa shape index (κ1) is 33.9. The van der Waals surface area contributed by atoms with Crippen molar-refractivity contribution in [1.82, 2.24) is 4.90 Å². The lowest BCUT2D eigenvalue weighted by Gasteiger charge is -2.36. The van der Waals surface area contributed by atoms with Gasteiger partial charge in [-0.1, -0.05) is 31.4 Å². The van der Waals surface area contributed by atoms with Crippen LogP contribution in [0.2, 0.25) is 0 Å². The Hall–Kier alpha value is -3.00. The summed E-state index contributed by atoms with van der Waals surface area (Å²) in [5.74, 6) is -1.82. The molecule has 1 aliphatic carbocycles. The maximum absolute atomic E-state index is 14.8. The predicted molar refractivity (Wildman–Crippen MR) is 142 cm³/mol. The molecule has 2 aliphatic heterocycles. The Morgan fingerprint density at radius 2 is 1.52 bits per heavy atom. The van der Waals surface area contributed by atoms with Crippen LogP contribution >= 0.6 is 9.24 Å². The molecule has 17 heteroatoms. The van der Waals surface area contributed by atoms with E-state index in [1.54, 1.807) is 0 Å². The zero-order valence-corrected chi connectivity index (χ0v) is 24.6. The third kappa shape index (κ3) is 5.21. The van der Waals surface area contributed by atoms with Gasteiger partial charge in [0, 0.05) is 17.7 Å². The van der Waals surface area contributed by atoms with Crippen LogP contribution in [0.1, 0.15) is 43.2 Å². The number of sulfone groups is 1. The average Bonchev–Trinajstić information content (AvgIpc) is 3.46. The molecule has 2 heterocycles. The van der Waals surface area contributed by atoms with Crippen molar-refractivity contribution in [3.63, 3.8) is 0 Å². The van der Waals surface area contributed by atoms with Gasteiger partial charge in [-0.05, 0) is 43.2 Å². The first-order valence-corrected chi connectivity index (χ1v) is 15.2. The Morgan fingerprint density at radius 3 is 2.05 bits per heavy atom. The summed E-state index contributed by atoms with van der Waals surface area (Å²) in [5, 5.41) is 6.01. The molecule has 1 amide bonds. The summed E-state index contributed by atoms with van der Waals surface area (Å²) in [6.45, 7) is -1.13. The maximum atomic E-state index is 14.8. The van der Waals surface area contributed by atoms with E-state index in [9.17, 15) is 48.3 Å². The fraction of sp³-hybridized carbons (Fsp3) is 0.481. The topological polar surface area (TPSA) is 101 Å². The lowest BCUT2D eigenvalue weighted by molar-refractivity contribution is -0.348. The van der Waals surface area contributed by atoms with Crippen LogP contribution in [0, 0.1) is 5.82 Å². The first-order chi connectivity index (χ1) is 20.3. The number of carbonyl (C=O) groups excluding carboxylic acids is 1. The number of nitrogens with zero attached hydrogens (tertiary/aromatic N) is 1. The standard InChI is InChI=1S/C26H24F8NO4PS.CH2O2/c27-16-5-7-17(8-6-16)41(37,38)23-14-35(21(36)22(40)10-2-1-3-11-22)13-20(23)39-19-12-15(4-9-18(19)23)24(28,25(29,30)31)26(32,33)34;2-1-3/h4-9,12,20H,1-3,10-11,13-14,40H2;1H,(H,2,3). The first-order valence-electron chi connectivity index (χ1n) is 13.1. The normalized spacial score (nSPS) is 23.1. The summed E-state index contributed by atoms with van der Waals surface area (Å²) >= 11 is 0. The molecule has 1 saturated heterocycles. The largest absolute Gasteiger partial charge is 0.486 e. The van der Waals surface area contributed by atoms with E-state index in [1.807, 2.05) is 0 Å². The molecule has 1 N–H and O–H groups in total. The molecule has 3 unspecified atom stereocenters. The van der Waals surface area contributed by atoms with Gasteiger partial charge in [0.25, 0.3) is 6.47 Å². The Balaban J connectivity index is 0.00000141. The van der Waals surface area contributed by atoms with E-state index >= 15 is 0 Å². The summed E-state index contributed by atoms with van der Waals surface area (Å²) in [4.78, 5) is 22.9. The Morgan fingerprint density at radius 1 is 0.977 bits per heavy atom. The van der Waals surface area contributed by atoms with E-state index in [2.05, 4.69) is 9.24 Å². The molecule has 0 bridgehead atoms. The van der Waals surface area contributed by atoms with Crippen molar-refractivity contribution in [2.24, 2.45) is 0 Å². The predicted octanol–water partition coefficient (Wildman–Crippen LogP) is 5.67. The van der Waals surface area contributed by atoms with Gasteiger partial charge in [-0.2, -0.15) is 26.3 Å². The van der Waals surface area contributed by atoms with Gasteiger partial charge in [-0.3, -0.25) is 9.59 Å². The van der Waals surface area contributed by atoms with Crippen LogP contribution in [0.5, 0.6) is 5.75 Å². The van der Waals surface area contributed by atoms with E-state index in [4.69, 9.17) is 14.6 Å². The lowest BCUT2D eigenvalue weighted by atomic mass is 9.87. The fourth-order valence-electron chi connectivity index (χ4n) is 6.11. The van der Waals surface area contributed by atoms with E-state index in [-0.39, 0.29) is 36.6 Å². The van der Waals surface area contributed by atoms with Gasteiger partial charge in [0.15, 0.2) is 14.6 Å². The van der Waals surface area contributed by atoms with Crippen LogP contribution in [0.25, 0.3) is 0 Å². The molecule has 2 aromatic carbocycles. The second kappa shape index (κ2) is 11.4. The zero-order chi connectivity index (χ0) is 32.9. The number of likely N-dealkylation sites (tertiary alicyclic amines) is 1. The number of halogens is 8. The Bertz CT molecular complexity index is 1510. The minimum absolute atomic E-state index is 0.209. The number of alkyl halides is 7. The molecule has 0 aromatic heterocycles. The van der Waals surface area contributed by atoms with Crippen molar-refractivity contribution in [3.05, 3.63) is 59.4 Å². The van der Waals surface area contributed by atoms with Gasteiger partial charge >= 0.3 is 18.0 Å². The van der Waals surface area contributed by atoms with Crippen LogP contribution in [0.15, 0.2) is 47.4 Å². The number of carbonyl (C=O) groups is 2. The van der Waals surface area contributed by atoms with Gasteiger partial charge in [0.1, 0.15) is 17.7 Å². The molecule has 0 radical (unpaired) electrons. The number of rotatable bonds is 4. The number of amides is 1. The average molecular weight is 676 g/mol. The van der Waals surface area contributed by atoms with Crippen LogP contribution in [-0.2, 0) is 29.8 Å². The Kier molecular flexibility index (Phi) is 8.79. The van der Waals surface area contributed by atoms with Crippen molar-refractivity contribution in [2.75, 3.05) is 13.1 Å².